The van der Waals surface area contributed by atoms with Gasteiger partial charge in [-0.1, -0.05) is 18.7 Å². The number of ether oxygens (including phenoxy) is 1. The first-order valence-corrected chi connectivity index (χ1v) is 10.2. The zero-order valence-corrected chi connectivity index (χ0v) is 17.0. The molecule has 1 N–H and O–H groups in total. The number of hydrogen-bond acceptors (Lipinski definition) is 5. The molecule has 6 nitrogen and oxygen atoms in total. The molecule has 1 aliphatic rings. The number of halogens is 1. The van der Waals surface area contributed by atoms with Gasteiger partial charge in [-0.3, -0.25) is 14.5 Å². The molecular formula is C21H22FN3O3S. The fraction of sp³-hybridized carbons (Fsp3) is 0.286. The zero-order chi connectivity index (χ0) is 20.8. The Morgan fingerprint density at radius 2 is 1.90 bits per heavy atom. The van der Waals surface area contributed by atoms with E-state index in [4.69, 9.17) is 4.74 Å². The summed E-state index contributed by atoms with van der Waals surface area (Å²) in [5, 5.41) is 2.73. The van der Waals surface area contributed by atoms with E-state index in [2.05, 4.69) is 10.3 Å². The largest absolute Gasteiger partial charge is 0.494 e. The first-order chi connectivity index (χ1) is 14.0. The summed E-state index contributed by atoms with van der Waals surface area (Å²) in [5.41, 5.74) is 1.19. The number of amides is 2. The number of aliphatic imine (C=N–C) groups is 1. The average Bonchev–Trinajstić information content (AvgIpc) is 2.97. The van der Waals surface area contributed by atoms with Crippen molar-refractivity contribution in [1.82, 2.24) is 4.90 Å². The van der Waals surface area contributed by atoms with Crippen LogP contribution in [-0.4, -0.2) is 40.8 Å². The highest BCUT2D eigenvalue weighted by Crippen LogP contribution is 2.31. The molecule has 0 radical (unpaired) electrons. The van der Waals surface area contributed by atoms with Crippen molar-refractivity contribution >= 4 is 40.1 Å². The Morgan fingerprint density at radius 3 is 2.55 bits per heavy atom. The molecule has 0 spiro atoms. The van der Waals surface area contributed by atoms with E-state index in [-0.39, 0.29) is 24.1 Å². The Morgan fingerprint density at radius 1 is 1.21 bits per heavy atom. The molecular weight excluding hydrogens is 393 g/mol. The van der Waals surface area contributed by atoms with E-state index < -0.39 is 5.25 Å². The Kier molecular flexibility index (Phi) is 6.87. The van der Waals surface area contributed by atoms with Crippen molar-refractivity contribution in [3.05, 3.63) is 54.3 Å². The van der Waals surface area contributed by atoms with Gasteiger partial charge in [-0.05, 0) is 55.0 Å². The summed E-state index contributed by atoms with van der Waals surface area (Å²) in [5.74, 6) is -0.0459. The first-order valence-electron chi connectivity index (χ1n) is 9.27. The van der Waals surface area contributed by atoms with Crippen molar-refractivity contribution in [1.29, 1.82) is 0 Å². The van der Waals surface area contributed by atoms with Gasteiger partial charge < -0.3 is 10.1 Å². The fourth-order valence-corrected chi connectivity index (χ4v) is 3.81. The van der Waals surface area contributed by atoms with Crippen LogP contribution in [0.5, 0.6) is 5.75 Å². The molecule has 1 heterocycles. The van der Waals surface area contributed by atoms with Gasteiger partial charge in [0.1, 0.15) is 16.8 Å². The van der Waals surface area contributed by atoms with Crippen LogP contribution in [0, 0.1) is 5.82 Å². The number of rotatable bonds is 7. The maximum absolute atomic E-state index is 13.0. The van der Waals surface area contributed by atoms with Crippen LogP contribution in [0.15, 0.2) is 53.5 Å². The third kappa shape index (κ3) is 5.57. The maximum Gasteiger partial charge on any atom is 0.242 e. The van der Waals surface area contributed by atoms with E-state index >= 15 is 0 Å². The van der Waals surface area contributed by atoms with Gasteiger partial charge in [-0.2, -0.15) is 0 Å². The molecule has 0 aliphatic carbocycles. The highest BCUT2D eigenvalue weighted by Gasteiger charge is 2.37. The van der Waals surface area contributed by atoms with Crippen LogP contribution in [-0.2, 0) is 9.59 Å². The predicted molar refractivity (Wildman–Crippen MR) is 113 cm³/mol. The number of anilines is 1. The maximum atomic E-state index is 13.0. The second kappa shape index (κ2) is 9.56. The van der Waals surface area contributed by atoms with Crippen LogP contribution in [0.2, 0.25) is 0 Å². The number of nitrogens with zero attached hydrogens (tertiary/aromatic N) is 2. The van der Waals surface area contributed by atoms with E-state index in [9.17, 15) is 14.0 Å². The molecule has 2 aromatic carbocycles. The average molecular weight is 415 g/mol. The van der Waals surface area contributed by atoms with Gasteiger partial charge in [0.25, 0.3) is 0 Å². The molecule has 0 aromatic heterocycles. The molecule has 1 saturated heterocycles. The van der Waals surface area contributed by atoms with Gasteiger partial charge in [-0.15, -0.1) is 0 Å². The van der Waals surface area contributed by atoms with E-state index in [1.807, 2.05) is 6.92 Å². The van der Waals surface area contributed by atoms with Crippen LogP contribution >= 0.6 is 11.8 Å². The normalized spacial score (nSPS) is 17.6. The Hall–Kier alpha value is -2.87. The predicted octanol–water partition coefficient (Wildman–Crippen LogP) is 4.20. The van der Waals surface area contributed by atoms with Gasteiger partial charge in [0.15, 0.2) is 5.17 Å². The third-order valence-electron chi connectivity index (χ3n) is 4.17. The summed E-state index contributed by atoms with van der Waals surface area (Å²) in [7, 11) is 1.62. The lowest BCUT2D eigenvalue weighted by Gasteiger charge is -2.10. The summed E-state index contributed by atoms with van der Waals surface area (Å²) >= 11 is 1.23. The standard InChI is InChI=1S/C21H22FN3O3S/c1-3-12-28-17-10-8-15(9-11-17)23-19(26)13-18-20(27)25(2)21(29-18)24-16-6-4-14(22)5-7-16/h4-11,18H,3,12-13H2,1-2H3,(H,23,26)/t18-/m1/s1. The van der Waals surface area contributed by atoms with Gasteiger partial charge in [0, 0.05) is 19.2 Å². The van der Waals surface area contributed by atoms with E-state index in [1.165, 1.54) is 40.9 Å². The molecule has 0 unspecified atom stereocenters. The summed E-state index contributed by atoms with van der Waals surface area (Å²) in [6.07, 6.45) is 0.955. The van der Waals surface area contributed by atoms with Crippen LogP contribution in [0.1, 0.15) is 19.8 Å². The number of thioether (sulfide) groups is 1. The smallest absolute Gasteiger partial charge is 0.242 e. The summed E-state index contributed by atoms with van der Waals surface area (Å²) in [6, 6.07) is 12.8. The number of benzene rings is 2. The van der Waals surface area contributed by atoms with Crippen LogP contribution in [0.3, 0.4) is 0 Å². The Bertz CT molecular complexity index is 900. The highest BCUT2D eigenvalue weighted by atomic mass is 32.2. The second-order valence-electron chi connectivity index (χ2n) is 6.50. The minimum atomic E-state index is -0.550. The lowest BCUT2D eigenvalue weighted by Crippen LogP contribution is -2.30. The molecule has 3 rings (SSSR count). The van der Waals surface area contributed by atoms with Crippen molar-refractivity contribution in [2.75, 3.05) is 19.0 Å². The van der Waals surface area contributed by atoms with E-state index in [0.717, 1.165) is 12.2 Å². The summed E-state index contributed by atoms with van der Waals surface area (Å²) in [4.78, 5) is 30.6. The van der Waals surface area contributed by atoms with Crippen molar-refractivity contribution in [3.63, 3.8) is 0 Å². The minimum absolute atomic E-state index is 0.0321. The van der Waals surface area contributed by atoms with E-state index in [0.29, 0.717) is 23.1 Å². The third-order valence-corrected chi connectivity index (χ3v) is 5.40. The SMILES string of the molecule is CCCOc1ccc(NC(=O)C[C@H]2SC(=Nc3ccc(F)cc3)N(C)C2=O)cc1. The van der Waals surface area contributed by atoms with Gasteiger partial charge in [-0.25, -0.2) is 9.38 Å². The number of amidine groups is 1. The molecule has 1 aliphatic heterocycles. The molecule has 29 heavy (non-hydrogen) atoms. The van der Waals surface area contributed by atoms with Crippen molar-refractivity contribution < 1.29 is 18.7 Å². The van der Waals surface area contributed by atoms with Gasteiger partial charge in [0.2, 0.25) is 11.8 Å². The fourth-order valence-electron chi connectivity index (χ4n) is 2.66. The van der Waals surface area contributed by atoms with Crippen LogP contribution < -0.4 is 10.1 Å². The van der Waals surface area contributed by atoms with Gasteiger partial charge >= 0.3 is 0 Å². The Labute approximate surface area is 173 Å². The lowest BCUT2D eigenvalue weighted by atomic mass is 10.2. The lowest BCUT2D eigenvalue weighted by molar-refractivity contribution is -0.127. The van der Waals surface area contributed by atoms with Crippen LogP contribution in [0.4, 0.5) is 15.8 Å². The molecule has 0 saturated carbocycles. The summed E-state index contributed by atoms with van der Waals surface area (Å²) < 4.78 is 18.5. The molecule has 1 fully saturated rings. The number of carbonyl (C=O) groups is 2. The monoisotopic (exact) mass is 415 g/mol. The molecule has 2 amide bonds. The molecule has 152 valence electrons. The first kappa shape index (κ1) is 20.9. The molecule has 8 heteroatoms. The van der Waals surface area contributed by atoms with Crippen molar-refractivity contribution in [2.24, 2.45) is 4.99 Å². The van der Waals surface area contributed by atoms with Crippen LogP contribution in [0.25, 0.3) is 0 Å². The van der Waals surface area contributed by atoms with Crippen molar-refractivity contribution in [2.45, 2.75) is 25.0 Å². The van der Waals surface area contributed by atoms with Gasteiger partial charge in [0.05, 0.1) is 12.3 Å². The zero-order valence-electron chi connectivity index (χ0n) is 16.2. The second-order valence-corrected chi connectivity index (χ2v) is 7.67. The topological polar surface area (TPSA) is 71.0 Å². The number of nitrogens with one attached hydrogen (secondary N) is 1. The molecule has 2 aromatic rings. The summed E-state index contributed by atoms with van der Waals surface area (Å²) in [6.45, 7) is 2.67. The van der Waals surface area contributed by atoms with E-state index in [1.54, 1.807) is 31.3 Å². The Balaban J connectivity index is 1.58. The molecule has 1 atom stereocenters. The minimum Gasteiger partial charge on any atom is -0.494 e. The number of hydrogen-bond donors (Lipinski definition) is 1. The molecule has 0 bridgehead atoms. The van der Waals surface area contributed by atoms with Crippen molar-refractivity contribution in [3.8, 4) is 5.75 Å². The number of carbonyl (C=O) groups excluding carboxylic acids is 2. The highest BCUT2D eigenvalue weighted by molar-refractivity contribution is 8.15. The quantitative estimate of drug-likeness (QED) is 0.736.